The van der Waals surface area contributed by atoms with Crippen molar-refractivity contribution in [3.63, 3.8) is 0 Å². The molecule has 4 nitrogen and oxygen atoms in total. The molecule has 1 heterocycles. The molecule has 0 amide bonds. The maximum absolute atomic E-state index is 12.6. The van der Waals surface area contributed by atoms with Gasteiger partial charge < -0.3 is 9.47 Å². The quantitative estimate of drug-likeness (QED) is 0.769. The Kier molecular flexibility index (Phi) is 5.15. The average Bonchev–Trinajstić information content (AvgIpc) is 2.56. The molecule has 2 rings (SSSR count). The molecular weight excluding hydrogens is 278 g/mol. The van der Waals surface area contributed by atoms with E-state index in [0.717, 1.165) is 16.9 Å². The van der Waals surface area contributed by atoms with Crippen LogP contribution in [0.5, 0.6) is 5.75 Å². The Labute approximate surface area is 131 Å². The third-order valence-corrected chi connectivity index (χ3v) is 3.71. The molecule has 0 aliphatic carbocycles. The van der Waals surface area contributed by atoms with Crippen molar-refractivity contribution in [3.05, 3.63) is 59.9 Å². The molecule has 0 N–H and O–H groups in total. The number of nitrogens with zero attached hydrogens (tertiary/aromatic N) is 1. The normalized spacial score (nSPS) is 13.2. The summed E-state index contributed by atoms with van der Waals surface area (Å²) in [7, 11) is 1.61. The molecule has 0 spiro atoms. The Balaban J connectivity index is 2.42. The number of aromatic nitrogens is 1. The standard InChI is InChI=1S/C18H21NO3/c1-4-22-17(20)18(2,12-14-7-6-10-19-13-14)15-8-5-9-16(11-15)21-3/h5-11,13H,4,12H2,1-3H3. The summed E-state index contributed by atoms with van der Waals surface area (Å²) in [5.41, 5.74) is 1.07. The number of carbonyl (C=O) groups is 1. The third kappa shape index (κ3) is 3.45. The number of pyridine rings is 1. The van der Waals surface area contributed by atoms with E-state index >= 15 is 0 Å². The van der Waals surface area contributed by atoms with E-state index in [2.05, 4.69) is 4.98 Å². The van der Waals surface area contributed by atoms with Crippen molar-refractivity contribution >= 4 is 5.97 Å². The number of hydrogen-bond donors (Lipinski definition) is 0. The van der Waals surface area contributed by atoms with Crippen LogP contribution >= 0.6 is 0 Å². The Morgan fingerprint density at radius 3 is 2.73 bits per heavy atom. The van der Waals surface area contributed by atoms with E-state index in [1.54, 1.807) is 19.5 Å². The van der Waals surface area contributed by atoms with Gasteiger partial charge in [0.25, 0.3) is 0 Å². The van der Waals surface area contributed by atoms with E-state index in [4.69, 9.17) is 9.47 Å². The van der Waals surface area contributed by atoms with Crippen LogP contribution in [0.2, 0.25) is 0 Å². The number of methoxy groups -OCH3 is 1. The van der Waals surface area contributed by atoms with Crippen LogP contribution in [0.15, 0.2) is 48.8 Å². The lowest BCUT2D eigenvalue weighted by atomic mass is 9.77. The zero-order valence-corrected chi connectivity index (χ0v) is 13.2. The van der Waals surface area contributed by atoms with Crippen LogP contribution in [0, 0.1) is 0 Å². The van der Waals surface area contributed by atoms with Crippen LogP contribution in [0.4, 0.5) is 0 Å². The highest BCUT2D eigenvalue weighted by Crippen LogP contribution is 2.32. The summed E-state index contributed by atoms with van der Waals surface area (Å²) in [6.45, 7) is 4.06. The fourth-order valence-corrected chi connectivity index (χ4v) is 2.46. The van der Waals surface area contributed by atoms with Crippen LogP contribution in [0.1, 0.15) is 25.0 Å². The van der Waals surface area contributed by atoms with E-state index in [9.17, 15) is 4.79 Å². The number of benzene rings is 1. The largest absolute Gasteiger partial charge is 0.497 e. The summed E-state index contributed by atoms with van der Waals surface area (Å²) in [5.74, 6) is 0.478. The molecule has 116 valence electrons. The van der Waals surface area contributed by atoms with Crippen LogP contribution in [-0.2, 0) is 21.4 Å². The van der Waals surface area contributed by atoms with Gasteiger partial charge >= 0.3 is 5.97 Å². The molecule has 1 aromatic carbocycles. The summed E-state index contributed by atoms with van der Waals surface area (Å²) < 4.78 is 10.6. The lowest BCUT2D eigenvalue weighted by molar-refractivity contribution is -0.149. The molecule has 0 saturated carbocycles. The Hall–Kier alpha value is -2.36. The Bertz CT molecular complexity index is 627. The molecular formula is C18H21NO3. The van der Waals surface area contributed by atoms with Crippen LogP contribution in [0.3, 0.4) is 0 Å². The molecule has 2 aromatic rings. The highest BCUT2D eigenvalue weighted by atomic mass is 16.5. The molecule has 0 bridgehead atoms. The van der Waals surface area contributed by atoms with E-state index in [1.165, 1.54) is 0 Å². The van der Waals surface area contributed by atoms with E-state index in [-0.39, 0.29) is 5.97 Å². The van der Waals surface area contributed by atoms with Gasteiger partial charge in [-0.3, -0.25) is 9.78 Å². The van der Waals surface area contributed by atoms with Gasteiger partial charge in [0.2, 0.25) is 0 Å². The molecule has 22 heavy (non-hydrogen) atoms. The van der Waals surface area contributed by atoms with Crippen molar-refractivity contribution in [1.29, 1.82) is 0 Å². The zero-order chi connectivity index (χ0) is 16.0. The van der Waals surface area contributed by atoms with Gasteiger partial charge in [-0.15, -0.1) is 0 Å². The molecule has 0 aliphatic rings. The molecule has 0 radical (unpaired) electrons. The predicted octanol–water partition coefficient (Wildman–Crippen LogP) is 3.15. The van der Waals surface area contributed by atoms with E-state index in [1.807, 2.05) is 50.2 Å². The van der Waals surface area contributed by atoms with Crippen molar-refractivity contribution < 1.29 is 14.3 Å². The van der Waals surface area contributed by atoms with Gasteiger partial charge in [-0.2, -0.15) is 0 Å². The third-order valence-electron chi connectivity index (χ3n) is 3.71. The minimum atomic E-state index is -0.784. The topological polar surface area (TPSA) is 48.4 Å². The van der Waals surface area contributed by atoms with Gasteiger partial charge in [0.1, 0.15) is 5.75 Å². The summed E-state index contributed by atoms with van der Waals surface area (Å²) in [5, 5.41) is 0. The number of carbonyl (C=O) groups excluding carboxylic acids is 1. The first-order valence-corrected chi connectivity index (χ1v) is 7.31. The monoisotopic (exact) mass is 299 g/mol. The second-order valence-corrected chi connectivity index (χ2v) is 5.32. The van der Waals surface area contributed by atoms with Crippen molar-refractivity contribution in [2.45, 2.75) is 25.7 Å². The lowest BCUT2D eigenvalue weighted by Gasteiger charge is -2.28. The van der Waals surface area contributed by atoms with Crippen LogP contribution in [-0.4, -0.2) is 24.7 Å². The maximum atomic E-state index is 12.6. The lowest BCUT2D eigenvalue weighted by Crippen LogP contribution is -2.36. The van der Waals surface area contributed by atoms with Crippen LogP contribution in [0.25, 0.3) is 0 Å². The van der Waals surface area contributed by atoms with Gasteiger partial charge in [0, 0.05) is 12.4 Å². The number of hydrogen-bond acceptors (Lipinski definition) is 4. The Morgan fingerprint density at radius 1 is 1.27 bits per heavy atom. The molecule has 1 unspecified atom stereocenters. The van der Waals surface area contributed by atoms with Gasteiger partial charge in [0.05, 0.1) is 19.1 Å². The van der Waals surface area contributed by atoms with Crippen LogP contribution < -0.4 is 4.74 Å². The highest BCUT2D eigenvalue weighted by molar-refractivity contribution is 5.83. The first kappa shape index (κ1) is 16.0. The maximum Gasteiger partial charge on any atom is 0.316 e. The summed E-state index contributed by atoms with van der Waals surface area (Å²) in [4.78, 5) is 16.7. The molecule has 0 aliphatic heterocycles. The number of esters is 1. The van der Waals surface area contributed by atoms with Crippen molar-refractivity contribution in [2.75, 3.05) is 13.7 Å². The fraction of sp³-hybridized carbons (Fsp3) is 0.333. The minimum absolute atomic E-state index is 0.243. The van der Waals surface area contributed by atoms with Crippen molar-refractivity contribution in [3.8, 4) is 5.75 Å². The van der Waals surface area contributed by atoms with Gasteiger partial charge in [0.15, 0.2) is 0 Å². The van der Waals surface area contributed by atoms with Gasteiger partial charge in [-0.05, 0) is 49.6 Å². The number of ether oxygens (including phenoxy) is 2. The summed E-state index contributed by atoms with van der Waals surface area (Å²) >= 11 is 0. The molecule has 0 saturated heterocycles. The molecule has 0 fully saturated rings. The van der Waals surface area contributed by atoms with E-state index in [0.29, 0.717) is 13.0 Å². The minimum Gasteiger partial charge on any atom is -0.497 e. The smallest absolute Gasteiger partial charge is 0.316 e. The second-order valence-electron chi connectivity index (χ2n) is 5.32. The first-order valence-electron chi connectivity index (χ1n) is 7.31. The Morgan fingerprint density at radius 2 is 2.09 bits per heavy atom. The molecule has 1 atom stereocenters. The highest BCUT2D eigenvalue weighted by Gasteiger charge is 2.37. The average molecular weight is 299 g/mol. The predicted molar refractivity (Wildman–Crippen MR) is 84.9 cm³/mol. The van der Waals surface area contributed by atoms with Crippen molar-refractivity contribution in [1.82, 2.24) is 4.98 Å². The second kappa shape index (κ2) is 7.07. The zero-order valence-electron chi connectivity index (χ0n) is 13.2. The molecule has 1 aromatic heterocycles. The fourth-order valence-electron chi connectivity index (χ4n) is 2.46. The molecule has 4 heteroatoms. The summed E-state index contributed by atoms with van der Waals surface area (Å²) in [6.07, 6.45) is 4.02. The SMILES string of the molecule is CCOC(=O)C(C)(Cc1cccnc1)c1cccc(OC)c1. The first-order chi connectivity index (χ1) is 10.6. The van der Waals surface area contributed by atoms with Gasteiger partial charge in [-0.25, -0.2) is 0 Å². The number of rotatable bonds is 6. The van der Waals surface area contributed by atoms with Gasteiger partial charge in [-0.1, -0.05) is 18.2 Å². The van der Waals surface area contributed by atoms with E-state index < -0.39 is 5.41 Å². The van der Waals surface area contributed by atoms with Crippen molar-refractivity contribution in [2.24, 2.45) is 0 Å². The summed E-state index contributed by atoms with van der Waals surface area (Å²) in [6, 6.07) is 11.4.